The van der Waals surface area contributed by atoms with Gasteiger partial charge in [0.1, 0.15) is 5.75 Å². The number of H-pyrrole nitrogens is 1. The lowest BCUT2D eigenvalue weighted by molar-refractivity contribution is -0.00436. The van der Waals surface area contributed by atoms with E-state index in [1.165, 1.54) is 22.2 Å². The number of aromatic nitrogens is 1. The van der Waals surface area contributed by atoms with E-state index in [1.807, 2.05) is 6.07 Å². The van der Waals surface area contributed by atoms with E-state index in [0.29, 0.717) is 0 Å². The third-order valence-electron chi connectivity index (χ3n) is 3.46. The van der Waals surface area contributed by atoms with Gasteiger partial charge in [0.15, 0.2) is 0 Å². The maximum atomic E-state index is 5.89. The molecule has 0 fully saturated rings. The predicted molar refractivity (Wildman–Crippen MR) is 67.5 cm³/mol. The van der Waals surface area contributed by atoms with Crippen molar-refractivity contribution in [2.24, 2.45) is 0 Å². The third kappa shape index (κ3) is 1.62. The molecule has 0 saturated carbocycles. The average molecular weight is 231 g/mol. The van der Waals surface area contributed by atoms with Crippen LogP contribution in [0, 0.1) is 0 Å². The van der Waals surface area contributed by atoms with Crippen molar-refractivity contribution in [3.63, 3.8) is 0 Å². The van der Waals surface area contributed by atoms with Gasteiger partial charge >= 0.3 is 0 Å². The average Bonchev–Trinajstić information content (AvgIpc) is 2.65. The Labute approximate surface area is 101 Å². The van der Waals surface area contributed by atoms with E-state index in [4.69, 9.17) is 9.47 Å². The Morgan fingerprint density at radius 2 is 2.18 bits per heavy atom. The highest BCUT2D eigenvalue weighted by molar-refractivity contribution is 5.86. The van der Waals surface area contributed by atoms with Crippen molar-refractivity contribution < 1.29 is 9.47 Å². The lowest BCUT2D eigenvalue weighted by atomic mass is 9.99. The van der Waals surface area contributed by atoms with Gasteiger partial charge in [0, 0.05) is 28.6 Å². The summed E-state index contributed by atoms with van der Waals surface area (Å²) < 4.78 is 11.2. The molecule has 3 heteroatoms. The van der Waals surface area contributed by atoms with Crippen molar-refractivity contribution >= 4 is 10.9 Å². The molecular weight excluding hydrogens is 214 g/mol. The Morgan fingerprint density at radius 3 is 2.94 bits per heavy atom. The molecule has 1 aromatic carbocycles. The van der Waals surface area contributed by atoms with E-state index in [1.54, 1.807) is 7.11 Å². The van der Waals surface area contributed by atoms with E-state index < -0.39 is 0 Å². The molecule has 1 N–H and O–H groups in total. The maximum Gasteiger partial charge on any atom is 0.119 e. The van der Waals surface area contributed by atoms with Crippen molar-refractivity contribution in [2.45, 2.75) is 32.5 Å². The van der Waals surface area contributed by atoms with Crippen molar-refractivity contribution in [1.82, 2.24) is 4.98 Å². The first-order valence-electron chi connectivity index (χ1n) is 6.03. The lowest BCUT2D eigenvalue weighted by Crippen LogP contribution is -2.21. The van der Waals surface area contributed by atoms with Crippen LogP contribution >= 0.6 is 0 Å². The molecule has 2 unspecified atom stereocenters. The zero-order valence-electron chi connectivity index (χ0n) is 10.4. The number of hydrogen-bond acceptors (Lipinski definition) is 2. The van der Waals surface area contributed by atoms with Gasteiger partial charge in [-0.1, -0.05) is 0 Å². The smallest absolute Gasteiger partial charge is 0.119 e. The van der Waals surface area contributed by atoms with E-state index in [9.17, 15) is 0 Å². The zero-order valence-corrected chi connectivity index (χ0v) is 10.4. The summed E-state index contributed by atoms with van der Waals surface area (Å²) in [5.74, 6) is 0.894. The Balaban J connectivity index is 2.22. The van der Waals surface area contributed by atoms with Gasteiger partial charge in [-0.25, -0.2) is 0 Å². The van der Waals surface area contributed by atoms with Crippen LogP contribution in [0.3, 0.4) is 0 Å². The largest absolute Gasteiger partial charge is 0.497 e. The minimum Gasteiger partial charge on any atom is -0.497 e. The van der Waals surface area contributed by atoms with Gasteiger partial charge in [0.25, 0.3) is 0 Å². The number of benzene rings is 1. The molecule has 0 amide bonds. The van der Waals surface area contributed by atoms with Crippen LogP contribution in [0.2, 0.25) is 0 Å². The number of ether oxygens (including phenoxy) is 2. The van der Waals surface area contributed by atoms with Crippen molar-refractivity contribution in [2.75, 3.05) is 7.11 Å². The van der Waals surface area contributed by atoms with Gasteiger partial charge in [0.05, 0.1) is 19.3 Å². The summed E-state index contributed by atoms with van der Waals surface area (Å²) in [6.45, 7) is 4.23. The highest BCUT2D eigenvalue weighted by atomic mass is 16.5. The third-order valence-corrected chi connectivity index (χ3v) is 3.46. The van der Waals surface area contributed by atoms with Crippen LogP contribution in [0.25, 0.3) is 10.9 Å². The van der Waals surface area contributed by atoms with Crippen molar-refractivity contribution in [1.29, 1.82) is 0 Å². The molecule has 0 saturated heterocycles. The summed E-state index contributed by atoms with van der Waals surface area (Å²) in [6, 6.07) is 6.14. The highest BCUT2D eigenvalue weighted by Gasteiger charge is 2.25. The maximum absolute atomic E-state index is 5.89. The van der Waals surface area contributed by atoms with Crippen LogP contribution in [0.15, 0.2) is 18.2 Å². The fraction of sp³-hybridized carbons (Fsp3) is 0.429. The summed E-state index contributed by atoms with van der Waals surface area (Å²) in [5.41, 5.74) is 3.76. The number of aromatic amines is 1. The first-order valence-corrected chi connectivity index (χ1v) is 6.03. The number of fused-ring (bicyclic) bond motifs is 3. The monoisotopic (exact) mass is 231 g/mol. The van der Waals surface area contributed by atoms with Crippen molar-refractivity contribution in [3.8, 4) is 5.75 Å². The second kappa shape index (κ2) is 3.77. The van der Waals surface area contributed by atoms with E-state index in [2.05, 4.69) is 31.0 Å². The number of methoxy groups -OCH3 is 1. The van der Waals surface area contributed by atoms with E-state index in [0.717, 1.165) is 12.2 Å². The first kappa shape index (κ1) is 10.7. The summed E-state index contributed by atoms with van der Waals surface area (Å²) >= 11 is 0. The minimum atomic E-state index is 0.148. The Morgan fingerprint density at radius 1 is 1.35 bits per heavy atom. The molecule has 1 aromatic heterocycles. The van der Waals surface area contributed by atoms with Gasteiger partial charge in [-0.3, -0.25) is 0 Å². The first-order chi connectivity index (χ1) is 8.19. The van der Waals surface area contributed by atoms with E-state index in [-0.39, 0.29) is 12.2 Å². The molecule has 0 radical (unpaired) electrons. The molecule has 0 bridgehead atoms. The summed E-state index contributed by atoms with van der Waals surface area (Å²) in [6.07, 6.45) is 1.39. The Bertz CT molecular complexity index is 559. The lowest BCUT2D eigenvalue weighted by Gasteiger charge is -2.25. The second-order valence-electron chi connectivity index (χ2n) is 4.72. The Kier molecular flexibility index (Phi) is 2.37. The highest BCUT2D eigenvalue weighted by Crippen LogP contribution is 2.36. The van der Waals surface area contributed by atoms with Gasteiger partial charge in [0.2, 0.25) is 0 Å². The molecule has 1 aliphatic heterocycles. The molecule has 90 valence electrons. The van der Waals surface area contributed by atoms with E-state index >= 15 is 0 Å². The minimum absolute atomic E-state index is 0.148. The van der Waals surface area contributed by atoms with Crippen LogP contribution in [0.5, 0.6) is 5.75 Å². The molecule has 3 nitrogen and oxygen atoms in total. The van der Waals surface area contributed by atoms with Crippen LogP contribution in [-0.4, -0.2) is 18.2 Å². The topological polar surface area (TPSA) is 34.2 Å². The molecule has 0 aliphatic carbocycles. The standard InChI is InChI=1S/C14H17NO2/c1-8-6-13-14(9(2)17-8)11-7-10(16-3)4-5-12(11)15-13/h4-5,7-9,15H,6H2,1-3H3. The summed E-state index contributed by atoms with van der Waals surface area (Å²) in [5, 5.41) is 1.22. The van der Waals surface area contributed by atoms with Gasteiger partial charge in [-0.2, -0.15) is 0 Å². The second-order valence-corrected chi connectivity index (χ2v) is 4.72. The quantitative estimate of drug-likeness (QED) is 0.817. The zero-order chi connectivity index (χ0) is 12.0. The molecule has 3 rings (SSSR count). The molecule has 2 atom stereocenters. The molecule has 2 aromatic rings. The van der Waals surface area contributed by atoms with Crippen LogP contribution in [0.4, 0.5) is 0 Å². The fourth-order valence-corrected chi connectivity index (χ4v) is 2.75. The molecule has 0 spiro atoms. The summed E-state index contributed by atoms with van der Waals surface area (Å²) in [7, 11) is 1.70. The molecular formula is C14H17NO2. The molecule has 1 aliphatic rings. The van der Waals surface area contributed by atoms with Crippen LogP contribution in [-0.2, 0) is 11.2 Å². The normalized spacial score (nSPS) is 23.7. The van der Waals surface area contributed by atoms with Crippen LogP contribution < -0.4 is 4.74 Å². The fourth-order valence-electron chi connectivity index (χ4n) is 2.75. The van der Waals surface area contributed by atoms with Gasteiger partial charge in [-0.15, -0.1) is 0 Å². The van der Waals surface area contributed by atoms with Gasteiger partial charge < -0.3 is 14.5 Å². The number of hydrogen-bond donors (Lipinski definition) is 1. The number of nitrogens with one attached hydrogen (secondary N) is 1. The predicted octanol–water partition coefficient (Wildman–Crippen LogP) is 3.20. The Hall–Kier alpha value is -1.48. The molecule has 2 heterocycles. The van der Waals surface area contributed by atoms with Crippen molar-refractivity contribution in [3.05, 3.63) is 29.5 Å². The molecule has 17 heavy (non-hydrogen) atoms. The van der Waals surface area contributed by atoms with Gasteiger partial charge in [-0.05, 0) is 32.0 Å². The van der Waals surface area contributed by atoms with Crippen LogP contribution in [0.1, 0.15) is 31.2 Å². The number of rotatable bonds is 1. The SMILES string of the molecule is COc1ccc2[nH]c3c(c2c1)C(C)OC(C)C3. The summed E-state index contributed by atoms with van der Waals surface area (Å²) in [4.78, 5) is 3.49.